The van der Waals surface area contributed by atoms with E-state index in [-0.39, 0.29) is 12.5 Å². The van der Waals surface area contributed by atoms with E-state index in [2.05, 4.69) is 0 Å². The Bertz CT molecular complexity index is 370. The highest BCUT2D eigenvalue weighted by atomic mass is 32.2. The van der Waals surface area contributed by atoms with Crippen molar-refractivity contribution in [1.29, 1.82) is 0 Å². The molecule has 0 unspecified atom stereocenters. The molecule has 1 amide bonds. The lowest BCUT2D eigenvalue weighted by atomic mass is 10.0. The van der Waals surface area contributed by atoms with Gasteiger partial charge in [-0.05, 0) is 27.7 Å². The van der Waals surface area contributed by atoms with Crippen molar-refractivity contribution in [2.45, 2.75) is 38.0 Å². The first kappa shape index (κ1) is 11.5. The van der Waals surface area contributed by atoms with Gasteiger partial charge in [-0.15, -0.1) is 0 Å². The predicted molar refractivity (Wildman–Crippen MR) is 53.0 cm³/mol. The van der Waals surface area contributed by atoms with Gasteiger partial charge in [0.2, 0.25) is 0 Å². The van der Waals surface area contributed by atoms with Crippen LogP contribution >= 0.6 is 0 Å². The lowest BCUT2D eigenvalue weighted by molar-refractivity contribution is -0.136. The molecule has 14 heavy (non-hydrogen) atoms. The van der Waals surface area contributed by atoms with Crippen molar-refractivity contribution in [3.63, 3.8) is 0 Å². The average molecular weight is 220 g/mol. The van der Waals surface area contributed by atoms with Gasteiger partial charge in [0.05, 0.1) is 5.54 Å². The van der Waals surface area contributed by atoms with E-state index in [4.69, 9.17) is 5.73 Å². The quantitative estimate of drug-likeness (QED) is 0.691. The van der Waals surface area contributed by atoms with Crippen LogP contribution in [0, 0.1) is 0 Å². The molecule has 0 aliphatic carbocycles. The number of nitrogens with zero attached hydrogens (tertiary/aromatic N) is 1. The van der Waals surface area contributed by atoms with E-state index in [1.54, 1.807) is 13.8 Å². The molecule has 0 saturated carbocycles. The summed E-state index contributed by atoms with van der Waals surface area (Å²) in [5.41, 5.74) is 4.60. The van der Waals surface area contributed by atoms with Crippen LogP contribution in [0.3, 0.4) is 0 Å². The van der Waals surface area contributed by atoms with E-state index in [9.17, 15) is 13.2 Å². The van der Waals surface area contributed by atoms with Crippen LogP contribution in [0.25, 0.3) is 0 Å². The summed E-state index contributed by atoms with van der Waals surface area (Å²) >= 11 is 0. The van der Waals surface area contributed by atoms with E-state index in [0.29, 0.717) is 0 Å². The maximum Gasteiger partial charge on any atom is 0.259 e. The zero-order valence-electron chi connectivity index (χ0n) is 8.86. The zero-order valence-corrected chi connectivity index (χ0v) is 9.68. The van der Waals surface area contributed by atoms with Gasteiger partial charge >= 0.3 is 0 Å². The predicted octanol–water partition coefficient (Wildman–Crippen LogP) is -0.326. The number of amides is 1. The van der Waals surface area contributed by atoms with Crippen LogP contribution in [0.2, 0.25) is 0 Å². The second-order valence-electron chi connectivity index (χ2n) is 4.60. The molecule has 0 spiro atoms. The third-order valence-corrected chi connectivity index (χ3v) is 5.24. The topological polar surface area (TPSA) is 80.5 Å². The highest BCUT2D eigenvalue weighted by Gasteiger charge is 2.63. The monoisotopic (exact) mass is 220 g/mol. The second kappa shape index (κ2) is 2.70. The van der Waals surface area contributed by atoms with Crippen molar-refractivity contribution in [2.75, 3.05) is 6.54 Å². The minimum Gasteiger partial charge on any atom is -0.328 e. The molecule has 2 N–H and O–H groups in total. The summed E-state index contributed by atoms with van der Waals surface area (Å²) in [6.45, 7) is 6.21. The van der Waals surface area contributed by atoms with Crippen molar-refractivity contribution in [3.05, 3.63) is 0 Å². The normalized spacial score (nSPS) is 24.6. The molecule has 1 fully saturated rings. The smallest absolute Gasteiger partial charge is 0.259 e. The van der Waals surface area contributed by atoms with Gasteiger partial charge < -0.3 is 5.73 Å². The highest BCUT2D eigenvalue weighted by molar-refractivity contribution is 7.94. The number of hydrogen-bond acceptors (Lipinski definition) is 4. The molecule has 6 heteroatoms. The fraction of sp³-hybridized carbons (Fsp3) is 0.875. The molecule has 82 valence electrons. The Morgan fingerprint density at radius 3 is 2.14 bits per heavy atom. The molecule has 0 aromatic carbocycles. The van der Waals surface area contributed by atoms with Crippen molar-refractivity contribution >= 4 is 15.9 Å². The van der Waals surface area contributed by atoms with Crippen LogP contribution in [-0.4, -0.2) is 35.5 Å². The van der Waals surface area contributed by atoms with E-state index in [1.807, 2.05) is 0 Å². The highest BCUT2D eigenvalue weighted by Crippen LogP contribution is 2.39. The van der Waals surface area contributed by atoms with Crippen LogP contribution in [0.5, 0.6) is 0 Å². The third kappa shape index (κ3) is 1.10. The van der Waals surface area contributed by atoms with Crippen molar-refractivity contribution < 1.29 is 13.2 Å². The standard InChI is InChI=1S/C8H16N2O3S/c1-7(2,5-9)10-6(11)8(3,4)14(10,12)13/h5,9H2,1-4H3. The first-order valence-corrected chi connectivity index (χ1v) is 5.82. The van der Waals surface area contributed by atoms with Crippen LogP contribution in [-0.2, 0) is 14.8 Å². The third-order valence-electron chi connectivity index (χ3n) is 2.63. The minimum atomic E-state index is -3.52. The van der Waals surface area contributed by atoms with Crippen LogP contribution in [0.15, 0.2) is 0 Å². The van der Waals surface area contributed by atoms with Gasteiger partial charge in [0.15, 0.2) is 4.75 Å². The number of hydrogen-bond donors (Lipinski definition) is 1. The fourth-order valence-electron chi connectivity index (χ4n) is 1.34. The summed E-state index contributed by atoms with van der Waals surface area (Å²) < 4.78 is 23.1. The molecule has 1 aliphatic heterocycles. The van der Waals surface area contributed by atoms with Gasteiger partial charge in [-0.2, -0.15) is 0 Å². The van der Waals surface area contributed by atoms with E-state index in [0.717, 1.165) is 4.31 Å². The van der Waals surface area contributed by atoms with Crippen molar-refractivity contribution in [1.82, 2.24) is 4.31 Å². The van der Waals surface area contributed by atoms with E-state index < -0.39 is 20.3 Å². The minimum absolute atomic E-state index is 0.119. The average Bonchev–Trinajstić information content (AvgIpc) is 2.03. The molecule has 1 rings (SSSR count). The van der Waals surface area contributed by atoms with Crippen molar-refractivity contribution in [2.24, 2.45) is 5.73 Å². The molecule has 1 aliphatic rings. The molecule has 0 aromatic heterocycles. The van der Waals surface area contributed by atoms with E-state index in [1.165, 1.54) is 13.8 Å². The molecule has 0 bridgehead atoms. The van der Waals surface area contributed by atoms with Crippen LogP contribution < -0.4 is 5.73 Å². The molecule has 0 aromatic rings. The SMILES string of the molecule is CC(C)(CN)N1C(=O)C(C)(C)S1(=O)=O. The van der Waals surface area contributed by atoms with E-state index >= 15 is 0 Å². The Morgan fingerprint density at radius 1 is 1.43 bits per heavy atom. The Labute approximate surface area is 84.3 Å². The van der Waals surface area contributed by atoms with Gasteiger partial charge in [0, 0.05) is 6.54 Å². The van der Waals surface area contributed by atoms with Gasteiger partial charge in [0.1, 0.15) is 0 Å². The maximum absolute atomic E-state index is 11.7. The Balaban J connectivity index is 3.16. The number of rotatable bonds is 2. The Hall–Kier alpha value is -0.620. The molecular weight excluding hydrogens is 204 g/mol. The number of sulfonamides is 1. The molecule has 5 nitrogen and oxygen atoms in total. The molecule has 1 saturated heterocycles. The number of nitrogens with two attached hydrogens (primary N) is 1. The molecule has 0 atom stereocenters. The lowest BCUT2D eigenvalue weighted by Gasteiger charge is -2.50. The first-order chi connectivity index (χ1) is 6.09. The molecule has 0 radical (unpaired) electrons. The number of carbonyl (C=O) groups excluding carboxylic acids is 1. The Kier molecular flexibility index (Phi) is 2.21. The number of carbonyl (C=O) groups is 1. The van der Waals surface area contributed by atoms with Crippen LogP contribution in [0.1, 0.15) is 27.7 Å². The van der Waals surface area contributed by atoms with Gasteiger partial charge in [-0.3, -0.25) is 4.79 Å². The Morgan fingerprint density at radius 2 is 1.86 bits per heavy atom. The molecule has 1 heterocycles. The van der Waals surface area contributed by atoms with Gasteiger partial charge in [-0.1, -0.05) is 0 Å². The summed E-state index contributed by atoms with van der Waals surface area (Å²) in [5, 5.41) is 0. The zero-order chi connectivity index (χ0) is 11.4. The fourth-order valence-corrected chi connectivity index (χ4v) is 3.14. The summed E-state index contributed by atoms with van der Waals surface area (Å²) in [4.78, 5) is 11.6. The largest absolute Gasteiger partial charge is 0.328 e. The second-order valence-corrected chi connectivity index (χ2v) is 6.94. The summed E-state index contributed by atoms with van der Waals surface area (Å²) in [5.74, 6) is -0.382. The van der Waals surface area contributed by atoms with Crippen molar-refractivity contribution in [3.8, 4) is 0 Å². The van der Waals surface area contributed by atoms with Crippen LogP contribution in [0.4, 0.5) is 0 Å². The lowest BCUT2D eigenvalue weighted by Crippen LogP contribution is -2.74. The molecular formula is C8H16N2O3S. The first-order valence-electron chi connectivity index (χ1n) is 4.38. The summed E-state index contributed by atoms with van der Waals surface area (Å²) in [6.07, 6.45) is 0. The summed E-state index contributed by atoms with van der Waals surface area (Å²) in [7, 11) is -3.52. The van der Waals surface area contributed by atoms with Gasteiger partial charge in [0.25, 0.3) is 15.9 Å². The summed E-state index contributed by atoms with van der Waals surface area (Å²) in [6, 6.07) is 0. The maximum atomic E-state index is 11.7. The van der Waals surface area contributed by atoms with Gasteiger partial charge in [-0.25, -0.2) is 12.7 Å².